The van der Waals surface area contributed by atoms with E-state index < -0.39 is 28.3 Å². The van der Waals surface area contributed by atoms with E-state index in [1.165, 1.54) is 24.3 Å². The van der Waals surface area contributed by atoms with Gasteiger partial charge in [0.15, 0.2) is 11.5 Å². The highest BCUT2D eigenvalue weighted by Gasteiger charge is 2.36. The lowest BCUT2D eigenvalue weighted by atomic mass is 10.0. The summed E-state index contributed by atoms with van der Waals surface area (Å²) in [6, 6.07) is 15.7. The second-order valence-corrected chi connectivity index (χ2v) is 9.29. The van der Waals surface area contributed by atoms with Crippen molar-refractivity contribution >= 4 is 21.6 Å². The number of nitrogens with zero attached hydrogens (tertiary/aromatic N) is 1. The minimum Gasteiger partial charge on any atom is -0.493 e. The number of benzene rings is 3. The molecule has 172 valence electrons. The Morgan fingerprint density at radius 3 is 2.48 bits per heavy atom. The molecule has 4 rings (SSSR count). The van der Waals surface area contributed by atoms with Crippen LogP contribution in [0.25, 0.3) is 11.1 Å². The van der Waals surface area contributed by atoms with Crippen LogP contribution in [0.15, 0.2) is 65.6 Å². The first-order valence-electron chi connectivity index (χ1n) is 10.2. The summed E-state index contributed by atoms with van der Waals surface area (Å²) in [6.07, 6.45) is 0.517. The van der Waals surface area contributed by atoms with Gasteiger partial charge in [0.1, 0.15) is 12.4 Å². The summed E-state index contributed by atoms with van der Waals surface area (Å²) in [5.41, 5.74) is 2.04. The number of rotatable bonds is 7. The molecule has 0 radical (unpaired) electrons. The molecule has 3 aromatic carbocycles. The third-order valence-corrected chi connectivity index (χ3v) is 7.26. The zero-order valence-corrected chi connectivity index (χ0v) is 19.0. The number of hydrogen-bond donors (Lipinski definition) is 1. The number of sulfonamides is 1. The summed E-state index contributed by atoms with van der Waals surface area (Å²) < 4.78 is 51.9. The third kappa shape index (κ3) is 4.36. The lowest BCUT2D eigenvalue weighted by Crippen LogP contribution is -2.43. The average molecular weight is 471 g/mol. The molecule has 0 aliphatic carbocycles. The molecule has 7 nitrogen and oxygen atoms in total. The summed E-state index contributed by atoms with van der Waals surface area (Å²) in [7, 11) is -0.880. The van der Waals surface area contributed by atoms with Gasteiger partial charge in [-0.3, -0.25) is 9.10 Å². The SMILES string of the molecule is COc1ccc(CCNC(=O)CN2c3ccc(F)cc3-c3ccccc3S2(=O)=O)cc1OC. The van der Waals surface area contributed by atoms with Gasteiger partial charge in [-0.2, -0.15) is 0 Å². The molecular formula is C24H23FN2O5S. The Hall–Kier alpha value is -3.59. The zero-order chi connectivity index (χ0) is 23.6. The van der Waals surface area contributed by atoms with E-state index in [9.17, 15) is 17.6 Å². The quantitative estimate of drug-likeness (QED) is 0.572. The molecule has 1 amide bonds. The van der Waals surface area contributed by atoms with Crippen LogP contribution < -0.4 is 19.1 Å². The van der Waals surface area contributed by atoms with Crippen LogP contribution in [0.4, 0.5) is 10.1 Å². The fourth-order valence-electron chi connectivity index (χ4n) is 3.84. The smallest absolute Gasteiger partial charge is 0.265 e. The number of carbonyl (C=O) groups excluding carboxylic acids is 1. The molecular weight excluding hydrogens is 447 g/mol. The molecule has 1 heterocycles. The van der Waals surface area contributed by atoms with E-state index in [1.54, 1.807) is 38.5 Å². The van der Waals surface area contributed by atoms with Crippen LogP contribution in [0.2, 0.25) is 0 Å². The first-order valence-corrected chi connectivity index (χ1v) is 11.7. The van der Waals surface area contributed by atoms with Crippen molar-refractivity contribution in [1.29, 1.82) is 0 Å². The van der Waals surface area contributed by atoms with Crippen molar-refractivity contribution in [2.45, 2.75) is 11.3 Å². The van der Waals surface area contributed by atoms with Crippen molar-refractivity contribution < 1.29 is 27.1 Å². The third-order valence-electron chi connectivity index (χ3n) is 5.44. The minimum atomic E-state index is -3.98. The van der Waals surface area contributed by atoms with E-state index in [2.05, 4.69) is 5.32 Å². The van der Waals surface area contributed by atoms with E-state index in [0.29, 0.717) is 35.6 Å². The lowest BCUT2D eigenvalue weighted by molar-refractivity contribution is -0.119. The zero-order valence-electron chi connectivity index (χ0n) is 18.2. The maximum Gasteiger partial charge on any atom is 0.265 e. The van der Waals surface area contributed by atoms with Gasteiger partial charge in [0.05, 0.1) is 24.8 Å². The highest BCUT2D eigenvalue weighted by atomic mass is 32.2. The Morgan fingerprint density at radius 2 is 1.73 bits per heavy atom. The summed E-state index contributed by atoms with van der Waals surface area (Å²) in [6.45, 7) is -0.115. The topological polar surface area (TPSA) is 84.9 Å². The summed E-state index contributed by atoms with van der Waals surface area (Å²) in [5.74, 6) is 0.245. The van der Waals surface area contributed by atoms with Crippen molar-refractivity contribution in [2.75, 3.05) is 31.6 Å². The van der Waals surface area contributed by atoms with E-state index >= 15 is 0 Å². The summed E-state index contributed by atoms with van der Waals surface area (Å²) in [5, 5.41) is 2.76. The largest absolute Gasteiger partial charge is 0.493 e. The first-order chi connectivity index (χ1) is 15.8. The molecule has 33 heavy (non-hydrogen) atoms. The standard InChI is InChI=1S/C24H23FN2O5S/c1-31-21-10-7-16(13-22(21)32-2)11-12-26-24(28)15-27-20-9-8-17(25)14-19(20)18-5-3-4-6-23(18)33(27,29)30/h3-10,13-14H,11-12,15H2,1-2H3,(H,26,28). The van der Waals surface area contributed by atoms with Crippen LogP contribution in [0.3, 0.4) is 0 Å². The van der Waals surface area contributed by atoms with Crippen LogP contribution in [0, 0.1) is 5.82 Å². The van der Waals surface area contributed by atoms with Gasteiger partial charge in [0, 0.05) is 17.7 Å². The van der Waals surface area contributed by atoms with Gasteiger partial charge < -0.3 is 14.8 Å². The predicted molar refractivity (Wildman–Crippen MR) is 123 cm³/mol. The Bertz CT molecular complexity index is 1310. The Morgan fingerprint density at radius 1 is 0.970 bits per heavy atom. The molecule has 0 fully saturated rings. The van der Waals surface area contributed by atoms with E-state index in [1.807, 2.05) is 12.1 Å². The van der Waals surface area contributed by atoms with Crippen LogP contribution >= 0.6 is 0 Å². The molecule has 0 saturated carbocycles. The van der Waals surface area contributed by atoms with Crippen LogP contribution in [0.5, 0.6) is 11.5 Å². The molecule has 0 unspecified atom stereocenters. The molecule has 0 bridgehead atoms. The number of nitrogens with one attached hydrogen (secondary N) is 1. The summed E-state index contributed by atoms with van der Waals surface area (Å²) in [4.78, 5) is 12.7. The molecule has 0 saturated heterocycles. The number of hydrogen-bond acceptors (Lipinski definition) is 5. The van der Waals surface area contributed by atoms with Crippen molar-refractivity contribution in [3.05, 3.63) is 72.0 Å². The predicted octanol–water partition coefficient (Wildman–Crippen LogP) is 3.38. The van der Waals surface area contributed by atoms with Crippen molar-refractivity contribution in [2.24, 2.45) is 0 Å². The van der Waals surface area contributed by atoms with Crippen LogP contribution in [-0.4, -0.2) is 41.6 Å². The second-order valence-electron chi connectivity index (χ2n) is 7.46. The highest BCUT2D eigenvalue weighted by Crippen LogP contribution is 2.43. The van der Waals surface area contributed by atoms with Gasteiger partial charge in [-0.05, 0) is 48.4 Å². The number of ether oxygens (including phenoxy) is 2. The Balaban J connectivity index is 1.50. The molecule has 1 N–H and O–H groups in total. The molecule has 0 spiro atoms. The molecule has 1 aliphatic rings. The Labute approximate surface area is 191 Å². The number of carbonyl (C=O) groups is 1. The fourth-order valence-corrected chi connectivity index (χ4v) is 5.49. The van der Waals surface area contributed by atoms with Gasteiger partial charge in [0.25, 0.3) is 10.0 Å². The van der Waals surface area contributed by atoms with Gasteiger partial charge in [0.2, 0.25) is 5.91 Å². The maximum absolute atomic E-state index is 13.9. The van der Waals surface area contributed by atoms with E-state index in [4.69, 9.17) is 9.47 Å². The monoisotopic (exact) mass is 470 g/mol. The van der Waals surface area contributed by atoms with Crippen LogP contribution in [0.1, 0.15) is 5.56 Å². The number of methoxy groups -OCH3 is 2. The van der Waals surface area contributed by atoms with Crippen molar-refractivity contribution in [1.82, 2.24) is 5.32 Å². The normalized spacial score (nSPS) is 13.6. The first kappa shape index (κ1) is 22.6. The maximum atomic E-state index is 13.9. The molecule has 0 aromatic heterocycles. The number of amides is 1. The van der Waals surface area contributed by atoms with Gasteiger partial charge in [-0.1, -0.05) is 24.3 Å². The summed E-state index contributed by atoms with van der Waals surface area (Å²) >= 11 is 0. The van der Waals surface area contributed by atoms with Crippen molar-refractivity contribution in [3.8, 4) is 22.6 Å². The lowest BCUT2D eigenvalue weighted by Gasteiger charge is -2.31. The molecule has 3 aromatic rings. The fraction of sp³-hybridized carbons (Fsp3) is 0.208. The second kappa shape index (κ2) is 9.11. The average Bonchev–Trinajstić information content (AvgIpc) is 2.82. The van der Waals surface area contributed by atoms with Crippen LogP contribution in [-0.2, 0) is 21.2 Å². The molecule has 1 aliphatic heterocycles. The van der Waals surface area contributed by atoms with Crippen molar-refractivity contribution in [3.63, 3.8) is 0 Å². The number of anilines is 1. The Kier molecular flexibility index (Phi) is 6.24. The highest BCUT2D eigenvalue weighted by molar-refractivity contribution is 7.93. The van der Waals surface area contributed by atoms with Gasteiger partial charge >= 0.3 is 0 Å². The van der Waals surface area contributed by atoms with E-state index in [-0.39, 0.29) is 10.6 Å². The minimum absolute atomic E-state index is 0.0428. The van der Waals surface area contributed by atoms with Gasteiger partial charge in [-0.25, -0.2) is 12.8 Å². The number of halogens is 1. The van der Waals surface area contributed by atoms with E-state index in [0.717, 1.165) is 9.87 Å². The molecule has 9 heteroatoms. The number of fused-ring (bicyclic) bond motifs is 3. The molecule has 0 atom stereocenters. The van der Waals surface area contributed by atoms with Gasteiger partial charge in [-0.15, -0.1) is 0 Å².